The molecule has 1 aliphatic carbocycles. The van der Waals surface area contributed by atoms with Crippen molar-refractivity contribution in [1.82, 2.24) is 10.2 Å². The zero-order valence-electron chi connectivity index (χ0n) is 11.6. The Bertz CT molecular complexity index is 249. The zero-order valence-corrected chi connectivity index (χ0v) is 11.6. The van der Waals surface area contributed by atoms with Crippen LogP contribution in [0.4, 0.5) is 0 Å². The molecule has 0 aromatic heterocycles. The predicted molar refractivity (Wildman–Crippen MR) is 73.7 cm³/mol. The van der Waals surface area contributed by atoms with Crippen LogP contribution in [-0.4, -0.2) is 50.3 Å². The Morgan fingerprint density at radius 2 is 1.72 bits per heavy atom. The van der Waals surface area contributed by atoms with Crippen molar-refractivity contribution in [2.45, 2.75) is 44.6 Å². The lowest BCUT2D eigenvalue weighted by molar-refractivity contribution is 0.0363. The molecule has 3 rings (SSSR count). The topological polar surface area (TPSA) is 24.5 Å². The van der Waals surface area contributed by atoms with Crippen LogP contribution in [0.5, 0.6) is 0 Å². The first-order chi connectivity index (χ1) is 8.92. The van der Waals surface area contributed by atoms with E-state index in [-0.39, 0.29) is 0 Å². The molecule has 1 atom stereocenters. The Labute approximate surface area is 111 Å². The largest absolute Gasteiger partial charge is 0.381 e. The predicted octanol–water partition coefficient (Wildman–Crippen LogP) is 1.88. The Morgan fingerprint density at radius 3 is 2.50 bits per heavy atom. The SMILES string of the molecule is C1CC(COCC2CC2)CN(C2CCNCC2)C1. The van der Waals surface area contributed by atoms with Crippen molar-refractivity contribution >= 4 is 0 Å². The molecule has 0 bridgehead atoms. The second-order valence-electron chi connectivity index (χ2n) is 6.47. The van der Waals surface area contributed by atoms with Gasteiger partial charge in [0.05, 0.1) is 6.61 Å². The number of ether oxygens (including phenoxy) is 1. The van der Waals surface area contributed by atoms with Crippen LogP contribution < -0.4 is 5.32 Å². The van der Waals surface area contributed by atoms with Gasteiger partial charge in [0.1, 0.15) is 0 Å². The minimum Gasteiger partial charge on any atom is -0.381 e. The summed E-state index contributed by atoms with van der Waals surface area (Å²) in [6.07, 6.45) is 8.26. The van der Waals surface area contributed by atoms with Crippen LogP contribution in [0.15, 0.2) is 0 Å². The number of nitrogens with one attached hydrogen (secondary N) is 1. The smallest absolute Gasteiger partial charge is 0.0506 e. The van der Waals surface area contributed by atoms with E-state index in [1.54, 1.807) is 0 Å². The van der Waals surface area contributed by atoms with E-state index in [4.69, 9.17) is 4.74 Å². The van der Waals surface area contributed by atoms with E-state index < -0.39 is 0 Å². The molecule has 3 fully saturated rings. The number of nitrogens with zero attached hydrogens (tertiary/aromatic N) is 1. The highest BCUT2D eigenvalue weighted by Gasteiger charge is 2.27. The van der Waals surface area contributed by atoms with Gasteiger partial charge in [-0.2, -0.15) is 0 Å². The molecule has 0 aromatic carbocycles. The standard InChI is InChI=1S/C15H28N2O/c1-2-14(12-18-11-13-3-4-13)10-17(9-1)15-5-7-16-8-6-15/h13-16H,1-12H2. The van der Waals surface area contributed by atoms with Crippen molar-refractivity contribution in [2.24, 2.45) is 11.8 Å². The van der Waals surface area contributed by atoms with Crippen molar-refractivity contribution in [3.8, 4) is 0 Å². The van der Waals surface area contributed by atoms with Gasteiger partial charge in [-0.05, 0) is 70.0 Å². The fourth-order valence-electron chi connectivity index (χ4n) is 3.42. The highest BCUT2D eigenvalue weighted by molar-refractivity contribution is 4.82. The number of piperidine rings is 2. The molecule has 0 spiro atoms. The summed E-state index contributed by atoms with van der Waals surface area (Å²) in [6.45, 7) is 7.08. The lowest BCUT2D eigenvalue weighted by Crippen LogP contribution is -2.48. The molecule has 3 heteroatoms. The maximum atomic E-state index is 5.89. The average molecular weight is 252 g/mol. The van der Waals surface area contributed by atoms with E-state index in [0.717, 1.165) is 31.1 Å². The maximum Gasteiger partial charge on any atom is 0.0506 e. The van der Waals surface area contributed by atoms with Crippen molar-refractivity contribution in [1.29, 1.82) is 0 Å². The summed E-state index contributed by atoms with van der Waals surface area (Å²) in [5, 5.41) is 3.47. The van der Waals surface area contributed by atoms with E-state index in [9.17, 15) is 0 Å². The molecule has 1 unspecified atom stereocenters. The van der Waals surface area contributed by atoms with Crippen LogP contribution in [0.3, 0.4) is 0 Å². The minimum atomic E-state index is 0.799. The van der Waals surface area contributed by atoms with Gasteiger partial charge in [-0.15, -0.1) is 0 Å². The van der Waals surface area contributed by atoms with Gasteiger partial charge in [-0.3, -0.25) is 4.90 Å². The van der Waals surface area contributed by atoms with E-state index in [1.807, 2.05) is 0 Å². The van der Waals surface area contributed by atoms with Gasteiger partial charge in [0, 0.05) is 19.2 Å². The van der Waals surface area contributed by atoms with Crippen LogP contribution in [0.2, 0.25) is 0 Å². The number of rotatable bonds is 5. The Balaban J connectivity index is 1.39. The summed E-state index contributed by atoms with van der Waals surface area (Å²) in [6, 6.07) is 0.845. The fourth-order valence-corrected chi connectivity index (χ4v) is 3.42. The molecule has 104 valence electrons. The quantitative estimate of drug-likeness (QED) is 0.808. The van der Waals surface area contributed by atoms with E-state index >= 15 is 0 Å². The van der Waals surface area contributed by atoms with Crippen LogP contribution in [-0.2, 0) is 4.74 Å². The Kier molecular flexibility index (Phi) is 4.55. The lowest BCUT2D eigenvalue weighted by atomic mass is 9.95. The molecule has 0 radical (unpaired) electrons. The summed E-state index contributed by atoms with van der Waals surface area (Å²) in [4.78, 5) is 2.75. The van der Waals surface area contributed by atoms with Gasteiger partial charge < -0.3 is 10.1 Å². The summed E-state index contributed by atoms with van der Waals surface area (Å²) < 4.78 is 5.89. The van der Waals surface area contributed by atoms with Crippen LogP contribution >= 0.6 is 0 Å². The molecule has 1 N–H and O–H groups in total. The summed E-state index contributed by atoms with van der Waals surface area (Å²) in [5.74, 6) is 1.71. The third kappa shape index (κ3) is 3.69. The molecule has 3 nitrogen and oxygen atoms in total. The van der Waals surface area contributed by atoms with Crippen LogP contribution in [0, 0.1) is 11.8 Å². The molecule has 18 heavy (non-hydrogen) atoms. The van der Waals surface area contributed by atoms with Gasteiger partial charge in [0.2, 0.25) is 0 Å². The van der Waals surface area contributed by atoms with E-state index in [0.29, 0.717) is 0 Å². The molecule has 3 aliphatic rings. The van der Waals surface area contributed by atoms with Gasteiger partial charge in [0.25, 0.3) is 0 Å². The van der Waals surface area contributed by atoms with Gasteiger partial charge in [-0.25, -0.2) is 0 Å². The van der Waals surface area contributed by atoms with Gasteiger partial charge >= 0.3 is 0 Å². The summed E-state index contributed by atoms with van der Waals surface area (Å²) in [7, 11) is 0. The zero-order chi connectivity index (χ0) is 12.2. The van der Waals surface area contributed by atoms with Crippen molar-refractivity contribution in [2.75, 3.05) is 39.4 Å². The molecular formula is C15H28N2O. The monoisotopic (exact) mass is 252 g/mol. The first kappa shape index (κ1) is 12.9. The number of likely N-dealkylation sites (tertiary alicyclic amines) is 1. The highest BCUT2D eigenvalue weighted by atomic mass is 16.5. The van der Waals surface area contributed by atoms with Crippen molar-refractivity contribution in [3.05, 3.63) is 0 Å². The molecule has 1 saturated carbocycles. The molecule has 0 amide bonds. The van der Waals surface area contributed by atoms with E-state index in [1.165, 1.54) is 64.7 Å². The molecule has 2 heterocycles. The third-order valence-electron chi connectivity index (χ3n) is 4.78. The van der Waals surface area contributed by atoms with Gasteiger partial charge in [0.15, 0.2) is 0 Å². The van der Waals surface area contributed by atoms with Crippen LogP contribution in [0.1, 0.15) is 38.5 Å². The van der Waals surface area contributed by atoms with Crippen molar-refractivity contribution in [3.63, 3.8) is 0 Å². The normalized spacial score (nSPS) is 31.7. The average Bonchev–Trinajstić information content (AvgIpc) is 3.24. The molecule has 0 aromatic rings. The minimum absolute atomic E-state index is 0.799. The van der Waals surface area contributed by atoms with Gasteiger partial charge in [-0.1, -0.05) is 0 Å². The second-order valence-corrected chi connectivity index (χ2v) is 6.47. The lowest BCUT2D eigenvalue weighted by Gasteiger charge is -2.40. The maximum absolute atomic E-state index is 5.89. The first-order valence-corrected chi connectivity index (χ1v) is 7.94. The van der Waals surface area contributed by atoms with E-state index in [2.05, 4.69) is 10.2 Å². The number of hydrogen-bond donors (Lipinski definition) is 1. The molecular weight excluding hydrogens is 224 g/mol. The van der Waals surface area contributed by atoms with Crippen molar-refractivity contribution < 1.29 is 4.74 Å². The highest BCUT2D eigenvalue weighted by Crippen LogP contribution is 2.29. The summed E-state index contributed by atoms with van der Waals surface area (Å²) >= 11 is 0. The molecule has 2 saturated heterocycles. The second kappa shape index (κ2) is 6.36. The molecule has 2 aliphatic heterocycles. The fraction of sp³-hybridized carbons (Fsp3) is 1.00. The number of hydrogen-bond acceptors (Lipinski definition) is 3. The summed E-state index contributed by atoms with van der Waals surface area (Å²) in [5.41, 5.74) is 0. The Morgan fingerprint density at radius 1 is 0.944 bits per heavy atom. The first-order valence-electron chi connectivity index (χ1n) is 7.94. The third-order valence-corrected chi connectivity index (χ3v) is 4.78. The Hall–Kier alpha value is -0.120. The van der Waals surface area contributed by atoms with Crippen LogP contribution in [0.25, 0.3) is 0 Å².